The topological polar surface area (TPSA) is 64.9 Å². The fraction of sp³-hybridized carbons (Fsp3) is 0.857. The van der Waals surface area contributed by atoms with Crippen LogP contribution in [0.15, 0.2) is 4.52 Å². The molecule has 108 valence electrons. The van der Waals surface area contributed by atoms with Crippen molar-refractivity contribution >= 4 is 11.8 Å². The van der Waals surface area contributed by atoms with Crippen LogP contribution >= 0.6 is 11.8 Å². The third kappa shape index (κ3) is 4.49. The lowest BCUT2D eigenvalue weighted by Crippen LogP contribution is -2.15. The second-order valence-corrected chi connectivity index (χ2v) is 7.12. The van der Waals surface area contributed by atoms with Crippen LogP contribution in [0.4, 0.5) is 0 Å². The van der Waals surface area contributed by atoms with Gasteiger partial charge in [0.1, 0.15) is 0 Å². The van der Waals surface area contributed by atoms with Crippen LogP contribution in [-0.2, 0) is 5.75 Å². The lowest BCUT2D eigenvalue weighted by Gasteiger charge is -2.11. The minimum Gasteiger partial charge on any atom is -0.339 e. The number of nitrogens with two attached hydrogens (primary N) is 1. The Kier molecular flexibility index (Phi) is 5.70. The van der Waals surface area contributed by atoms with E-state index in [4.69, 9.17) is 10.3 Å². The number of aromatic nitrogens is 2. The molecule has 0 bridgehead atoms. The van der Waals surface area contributed by atoms with E-state index in [0.29, 0.717) is 12.5 Å². The number of rotatable bonds is 7. The van der Waals surface area contributed by atoms with E-state index in [1.165, 1.54) is 25.7 Å². The molecule has 1 aromatic rings. The maximum absolute atomic E-state index is 5.80. The van der Waals surface area contributed by atoms with Gasteiger partial charge < -0.3 is 10.3 Å². The molecule has 0 aliphatic heterocycles. The number of nitrogens with zero attached hydrogens (tertiary/aromatic N) is 2. The summed E-state index contributed by atoms with van der Waals surface area (Å²) in [5.41, 5.74) is 5.80. The number of thioether (sulfide) groups is 1. The predicted octanol–water partition coefficient (Wildman–Crippen LogP) is 3.33. The molecule has 19 heavy (non-hydrogen) atoms. The molecule has 2 rings (SSSR count). The minimum absolute atomic E-state index is 0.206. The van der Waals surface area contributed by atoms with Crippen molar-refractivity contribution in [2.24, 2.45) is 11.7 Å². The van der Waals surface area contributed by atoms with E-state index in [-0.39, 0.29) is 5.92 Å². The van der Waals surface area contributed by atoms with Gasteiger partial charge in [0.05, 0.1) is 11.7 Å². The van der Waals surface area contributed by atoms with Gasteiger partial charge in [-0.1, -0.05) is 31.8 Å². The molecule has 0 amide bonds. The summed E-state index contributed by atoms with van der Waals surface area (Å²) >= 11 is 1.97. The van der Waals surface area contributed by atoms with Crippen LogP contribution in [0.3, 0.4) is 0 Å². The molecular formula is C14H25N3OS. The molecule has 4 nitrogen and oxygen atoms in total. The van der Waals surface area contributed by atoms with Crippen molar-refractivity contribution in [3.63, 3.8) is 0 Å². The molecule has 2 N–H and O–H groups in total. The molecule has 0 spiro atoms. The van der Waals surface area contributed by atoms with Crippen LogP contribution in [0, 0.1) is 5.92 Å². The first kappa shape index (κ1) is 14.9. The van der Waals surface area contributed by atoms with Gasteiger partial charge in [0.25, 0.3) is 0 Å². The van der Waals surface area contributed by atoms with Crippen LogP contribution in [0.2, 0.25) is 0 Å². The van der Waals surface area contributed by atoms with Gasteiger partial charge in [-0.05, 0) is 25.2 Å². The zero-order chi connectivity index (χ0) is 13.7. The summed E-state index contributed by atoms with van der Waals surface area (Å²) in [4.78, 5) is 4.52. The summed E-state index contributed by atoms with van der Waals surface area (Å²) in [6.07, 6.45) is 6.44. The maximum atomic E-state index is 5.80. The Morgan fingerprint density at radius 1 is 1.37 bits per heavy atom. The summed E-state index contributed by atoms with van der Waals surface area (Å²) < 4.78 is 5.38. The van der Waals surface area contributed by atoms with E-state index in [1.54, 1.807) is 0 Å². The molecule has 1 heterocycles. The van der Waals surface area contributed by atoms with Gasteiger partial charge in [-0.3, -0.25) is 0 Å². The molecule has 1 aliphatic rings. The summed E-state index contributed by atoms with van der Waals surface area (Å²) in [5, 5.41) is 4.89. The molecule has 0 saturated heterocycles. The molecule has 1 unspecified atom stereocenters. The Morgan fingerprint density at radius 2 is 2.11 bits per heavy atom. The van der Waals surface area contributed by atoms with E-state index >= 15 is 0 Å². The minimum atomic E-state index is 0.206. The van der Waals surface area contributed by atoms with E-state index < -0.39 is 0 Å². The van der Waals surface area contributed by atoms with Gasteiger partial charge in [-0.25, -0.2) is 0 Å². The smallest absolute Gasteiger partial charge is 0.231 e. The normalized spacial score (nSPS) is 18.3. The van der Waals surface area contributed by atoms with E-state index in [9.17, 15) is 0 Å². The molecule has 1 aliphatic carbocycles. The molecular weight excluding hydrogens is 258 g/mol. The highest BCUT2D eigenvalue weighted by Crippen LogP contribution is 2.31. The third-order valence-corrected chi connectivity index (χ3v) is 4.99. The van der Waals surface area contributed by atoms with Crippen molar-refractivity contribution in [1.82, 2.24) is 10.1 Å². The largest absolute Gasteiger partial charge is 0.339 e. The fourth-order valence-electron chi connectivity index (χ4n) is 2.61. The zero-order valence-electron chi connectivity index (χ0n) is 12.0. The fourth-order valence-corrected chi connectivity index (χ4v) is 3.77. The Hall–Kier alpha value is -0.550. The second-order valence-electron chi connectivity index (χ2n) is 5.83. The Bertz CT molecular complexity index is 375. The van der Waals surface area contributed by atoms with Crippen molar-refractivity contribution < 1.29 is 4.52 Å². The van der Waals surface area contributed by atoms with Crippen molar-refractivity contribution in [3.05, 3.63) is 11.7 Å². The van der Waals surface area contributed by atoms with E-state index in [1.807, 2.05) is 11.8 Å². The average molecular weight is 283 g/mol. The van der Waals surface area contributed by atoms with Gasteiger partial charge in [0.2, 0.25) is 5.89 Å². The number of hydrogen-bond acceptors (Lipinski definition) is 5. The predicted molar refractivity (Wildman–Crippen MR) is 79.1 cm³/mol. The quantitative estimate of drug-likeness (QED) is 0.831. The highest BCUT2D eigenvalue weighted by molar-refractivity contribution is 7.99. The molecule has 0 radical (unpaired) electrons. The van der Waals surface area contributed by atoms with Gasteiger partial charge in [-0.15, -0.1) is 0 Å². The molecule has 1 aromatic heterocycles. The molecule has 5 heteroatoms. The summed E-state index contributed by atoms with van der Waals surface area (Å²) in [5.74, 6) is 3.22. The van der Waals surface area contributed by atoms with Crippen LogP contribution in [0.5, 0.6) is 0 Å². The van der Waals surface area contributed by atoms with Crippen molar-refractivity contribution in [2.75, 3.05) is 6.54 Å². The van der Waals surface area contributed by atoms with E-state index in [0.717, 1.165) is 29.1 Å². The zero-order valence-corrected chi connectivity index (χ0v) is 12.8. The van der Waals surface area contributed by atoms with Crippen LogP contribution < -0.4 is 5.73 Å². The molecule has 1 atom stereocenters. The first-order valence-corrected chi connectivity index (χ1v) is 8.38. The van der Waals surface area contributed by atoms with E-state index in [2.05, 4.69) is 24.0 Å². The Balaban J connectivity index is 1.86. The summed E-state index contributed by atoms with van der Waals surface area (Å²) in [7, 11) is 0. The number of hydrogen-bond donors (Lipinski definition) is 1. The summed E-state index contributed by atoms with van der Waals surface area (Å²) in [6.45, 7) is 4.96. The lowest BCUT2D eigenvalue weighted by atomic mass is 9.97. The maximum Gasteiger partial charge on any atom is 0.231 e. The standard InChI is InChI=1S/C14H25N3OS/c1-10(2)7-11(8-15)14-16-13(17-18-14)9-19-12-5-3-4-6-12/h10-12H,3-9,15H2,1-2H3. The Labute approximate surface area is 119 Å². The average Bonchev–Trinajstić information content (AvgIpc) is 3.04. The van der Waals surface area contributed by atoms with Gasteiger partial charge in [-0.2, -0.15) is 16.7 Å². The van der Waals surface area contributed by atoms with Crippen molar-refractivity contribution in [1.29, 1.82) is 0 Å². The van der Waals surface area contributed by atoms with Crippen LogP contribution in [-0.4, -0.2) is 21.9 Å². The second kappa shape index (κ2) is 7.29. The van der Waals surface area contributed by atoms with Gasteiger partial charge >= 0.3 is 0 Å². The molecule has 1 fully saturated rings. The van der Waals surface area contributed by atoms with Gasteiger partial charge in [0.15, 0.2) is 5.82 Å². The third-order valence-electron chi connectivity index (χ3n) is 3.62. The summed E-state index contributed by atoms with van der Waals surface area (Å²) in [6, 6.07) is 0. The first-order chi connectivity index (χ1) is 9.19. The first-order valence-electron chi connectivity index (χ1n) is 7.33. The highest BCUT2D eigenvalue weighted by Gasteiger charge is 2.20. The Morgan fingerprint density at radius 3 is 2.74 bits per heavy atom. The van der Waals surface area contributed by atoms with Crippen LogP contribution in [0.1, 0.15) is 63.6 Å². The SMILES string of the molecule is CC(C)CC(CN)c1nc(CSC2CCCC2)no1. The van der Waals surface area contributed by atoms with Gasteiger partial charge in [0, 0.05) is 11.8 Å². The monoisotopic (exact) mass is 283 g/mol. The van der Waals surface area contributed by atoms with Crippen LogP contribution in [0.25, 0.3) is 0 Å². The van der Waals surface area contributed by atoms with Crippen molar-refractivity contribution in [2.45, 2.75) is 62.9 Å². The van der Waals surface area contributed by atoms with Crippen molar-refractivity contribution in [3.8, 4) is 0 Å². The molecule has 0 aromatic carbocycles. The lowest BCUT2D eigenvalue weighted by molar-refractivity contribution is 0.332. The molecule has 1 saturated carbocycles. The highest BCUT2D eigenvalue weighted by atomic mass is 32.2.